The Morgan fingerprint density at radius 1 is 1.58 bits per heavy atom. The molecule has 0 bridgehead atoms. The molecule has 12 heavy (non-hydrogen) atoms. The Hall–Kier alpha value is -1.29. The summed E-state index contributed by atoms with van der Waals surface area (Å²) in [5, 5.41) is 3.92. The van der Waals surface area contributed by atoms with Gasteiger partial charge in [0.1, 0.15) is 11.4 Å². The van der Waals surface area contributed by atoms with E-state index in [1.54, 1.807) is 6.20 Å². The molecule has 0 spiro atoms. The summed E-state index contributed by atoms with van der Waals surface area (Å²) in [5.41, 5.74) is 0. The van der Waals surface area contributed by atoms with Gasteiger partial charge in [-0.1, -0.05) is 11.2 Å². The van der Waals surface area contributed by atoms with E-state index in [2.05, 4.69) is 10.2 Å². The smallest absolute Gasteiger partial charge is 0.123 e. The summed E-state index contributed by atoms with van der Waals surface area (Å²) in [7, 11) is 0. The van der Waals surface area contributed by atoms with Gasteiger partial charge in [0.25, 0.3) is 0 Å². The van der Waals surface area contributed by atoms with Gasteiger partial charge in [-0.2, -0.15) is 4.91 Å². The zero-order valence-electron chi connectivity index (χ0n) is 6.23. The first-order valence-electron chi connectivity index (χ1n) is 3.53. The average Bonchev–Trinajstić information content (AvgIpc) is 2.47. The summed E-state index contributed by atoms with van der Waals surface area (Å²) in [6, 6.07) is 5.81. The number of rotatable bonds is 2. The highest BCUT2D eigenvalue weighted by molar-refractivity contribution is 7.18. The van der Waals surface area contributed by atoms with Crippen molar-refractivity contribution in [2.75, 3.05) is 0 Å². The molecule has 2 aromatic rings. The Balaban J connectivity index is 2.54. The Morgan fingerprint density at radius 2 is 2.50 bits per heavy atom. The van der Waals surface area contributed by atoms with Crippen LogP contribution >= 0.6 is 11.3 Å². The molecule has 0 aromatic carbocycles. The fraction of sp³-hybridized carbons (Fsp3) is 0.125. The topological polar surface area (TPSA) is 42.3 Å². The number of aromatic nitrogens is 1. The van der Waals surface area contributed by atoms with Gasteiger partial charge in [-0.25, -0.2) is 4.98 Å². The van der Waals surface area contributed by atoms with Crippen LogP contribution in [0.15, 0.2) is 29.6 Å². The van der Waals surface area contributed by atoms with Crippen LogP contribution in [0.25, 0.3) is 10.2 Å². The molecule has 0 aliphatic heterocycles. The van der Waals surface area contributed by atoms with Crippen molar-refractivity contribution >= 4 is 21.6 Å². The third-order valence-corrected chi connectivity index (χ3v) is 2.61. The SMILES string of the molecule is O=NCc1cc2cccnc2s1. The summed E-state index contributed by atoms with van der Waals surface area (Å²) >= 11 is 1.52. The van der Waals surface area contributed by atoms with Gasteiger partial charge < -0.3 is 0 Å². The van der Waals surface area contributed by atoms with Gasteiger partial charge in [0.15, 0.2) is 0 Å². The summed E-state index contributed by atoms with van der Waals surface area (Å²) in [5.74, 6) is 0. The lowest BCUT2D eigenvalue weighted by Gasteiger charge is -1.81. The highest BCUT2D eigenvalue weighted by atomic mass is 32.1. The lowest BCUT2D eigenvalue weighted by atomic mass is 10.3. The Bertz CT molecular complexity index is 377. The Labute approximate surface area is 73.0 Å². The third-order valence-electron chi connectivity index (χ3n) is 1.57. The van der Waals surface area contributed by atoms with Crippen LogP contribution in [0.5, 0.6) is 0 Å². The molecule has 0 radical (unpaired) electrons. The van der Waals surface area contributed by atoms with E-state index in [0.717, 1.165) is 15.1 Å². The van der Waals surface area contributed by atoms with Gasteiger partial charge in [0.2, 0.25) is 0 Å². The molecule has 0 amide bonds. The first kappa shape index (κ1) is 7.36. The number of thiophene rings is 1. The second kappa shape index (κ2) is 2.98. The number of hydrogen-bond donors (Lipinski definition) is 0. The van der Waals surface area contributed by atoms with Crippen molar-refractivity contribution in [1.29, 1.82) is 0 Å². The normalized spacial score (nSPS) is 10.3. The second-order valence-electron chi connectivity index (χ2n) is 2.40. The highest BCUT2D eigenvalue weighted by Crippen LogP contribution is 2.23. The van der Waals surface area contributed by atoms with E-state index in [4.69, 9.17) is 0 Å². The van der Waals surface area contributed by atoms with E-state index >= 15 is 0 Å². The number of hydrogen-bond acceptors (Lipinski definition) is 4. The molecule has 0 saturated heterocycles. The van der Waals surface area contributed by atoms with Crippen molar-refractivity contribution < 1.29 is 0 Å². The molecule has 0 atom stereocenters. The quantitative estimate of drug-likeness (QED) is 0.663. The van der Waals surface area contributed by atoms with E-state index in [1.165, 1.54) is 11.3 Å². The minimum absolute atomic E-state index is 0.251. The monoisotopic (exact) mass is 178 g/mol. The molecular formula is C8H6N2OS. The Morgan fingerprint density at radius 3 is 3.25 bits per heavy atom. The first-order chi connectivity index (χ1) is 5.90. The van der Waals surface area contributed by atoms with E-state index in [9.17, 15) is 4.91 Å². The van der Waals surface area contributed by atoms with Gasteiger partial charge >= 0.3 is 0 Å². The molecule has 2 heterocycles. The summed E-state index contributed by atoms with van der Waals surface area (Å²) in [6.45, 7) is 0.251. The molecule has 60 valence electrons. The molecule has 0 aliphatic carbocycles. The van der Waals surface area contributed by atoms with E-state index in [0.29, 0.717) is 0 Å². The number of nitrogens with zero attached hydrogens (tertiary/aromatic N) is 2. The van der Waals surface area contributed by atoms with Gasteiger partial charge in [-0.05, 0) is 12.1 Å². The van der Waals surface area contributed by atoms with Gasteiger partial charge in [-0.3, -0.25) is 0 Å². The van der Waals surface area contributed by atoms with Crippen molar-refractivity contribution in [2.45, 2.75) is 6.54 Å². The van der Waals surface area contributed by atoms with Crippen molar-refractivity contribution in [2.24, 2.45) is 5.18 Å². The molecule has 2 aromatic heterocycles. The van der Waals surface area contributed by atoms with Crippen molar-refractivity contribution in [3.05, 3.63) is 34.2 Å². The van der Waals surface area contributed by atoms with Crippen LogP contribution in [0.4, 0.5) is 0 Å². The van der Waals surface area contributed by atoms with E-state index < -0.39 is 0 Å². The largest absolute Gasteiger partial charge is 0.245 e. The number of fused-ring (bicyclic) bond motifs is 1. The van der Waals surface area contributed by atoms with Gasteiger partial charge in [0, 0.05) is 16.5 Å². The molecule has 0 unspecified atom stereocenters. The fourth-order valence-electron chi connectivity index (χ4n) is 1.07. The van der Waals surface area contributed by atoms with Crippen molar-refractivity contribution in [1.82, 2.24) is 4.98 Å². The lowest BCUT2D eigenvalue weighted by molar-refractivity contribution is 1.09. The number of nitroso groups, excluding NO2 is 1. The van der Waals surface area contributed by atoms with E-state index in [-0.39, 0.29) is 6.54 Å². The summed E-state index contributed by atoms with van der Waals surface area (Å²) in [6.07, 6.45) is 1.75. The van der Waals surface area contributed by atoms with Crippen molar-refractivity contribution in [3.63, 3.8) is 0 Å². The molecule has 0 fully saturated rings. The summed E-state index contributed by atoms with van der Waals surface area (Å²) < 4.78 is 0. The first-order valence-corrected chi connectivity index (χ1v) is 4.34. The molecule has 3 nitrogen and oxygen atoms in total. The molecule has 2 rings (SSSR count). The zero-order chi connectivity index (χ0) is 8.39. The maximum atomic E-state index is 9.99. The minimum atomic E-state index is 0.251. The maximum absolute atomic E-state index is 9.99. The molecule has 0 saturated carbocycles. The Kier molecular flexibility index (Phi) is 1.83. The molecular weight excluding hydrogens is 172 g/mol. The predicted molar refractivity (Wildman–Crippen MR) is 49.1 cm³/mol. The number of pyridine rings is 1. The van der Waals surface area contributed by atoms with Crippen LogP contribution in [0, 0.1) is 4.91 Å². The zero-order valence-corrected chi connectivity index (χ0v) is 7.04. The molecule has 4 heteroatoms. The van der Waals surface area contributed by atoms with Gasteiger partial charge in [-0.15, -0.1) is 11.3 Å². The van der Waals surface area contributed by atoms with E-state index in [1.807, 2.05) is 18.2 Å². The fourth-order valence-corrected chi connectivity index (χ4v) is 1.98. The average molecular weight is 178 g/mol. The van der Waals surface area contributed by atoms with Crippen LogP contribution < -0.4 is 0 Å². The third kappa shape index (κ3) is 1.21. The molecule has 0 N–H and O–H groups in total. The van der Waals surface area contributed by atoms with Crippen LogP contribution in [-0.2, 0) is 6.54 Å². The van der Waals surface area contributed by atoms with Gasteiger partial charge in [0.05, 0.1) is 0 Å². The second-order valence-corrected chi connectivity index (χ2v) is 3.51. The van der Waals surface area contributed by atoms with Crippen LogP contribution in [0.2, 0.25) is 0 Å². The van der Waals surface area contributed by atoms with Crippen molar-refractivity contribution in [3.8, 4) is 0 Å². The maximum Gasteiger partial charge on any atom is 0.123 e. The van der Waals surface area contributed by atoms with Crippen LogP contribution in [-0.4, -0.2) is 4.98 Å². The van der Waals surface area contributed by atoms with Crippen LogP contribution in [0.1, 0.15) is 4.88 Å². The predicted octanol–water partition coefficient (Wildman–Crippen LogP) is 2.56. The standard InChI is InChI=1S/C8H6N2OS/c11-10-5-7-4-6-2-1-3-9-8(6)12-7/h1-4H,5H2. The van der Waals surface area contributed by atoms with Crippen LogP contribution in [0.3, 0.4) is 0 Å². The highest BCUT2D eigenvalue weighted by Gasteiger charge is 2.00. The molecule has 0 aliphatic rings. The minimum Gasteiger partial charge on any atom is -0.245 e. The summed E-state index contributed by atoms with van der Waals surface area (Å²) in [4.78, 5) is 16.1. The lowest BCUT2D eigenvalue weighted by Crippen LogP contribution is -1.67.